The number of amides is 1. The van der Waals surface area contributed by atoms with E-state index >= 15 is 0 Å². The third-order valence-electron chi connectivity index (χ3n) is 3.38. The van der Waals surface area contributed by atoms with Crippen LogP contribution < -0.4 is 5.32 Å². The highest BCUT2D eigenvalue weighted by atomic mass is 35.5. The molecule has 1 aliphatic carbocycles. The average molecular weight is 308 g/mol. The second kappa shape index (κ2) is 7.27. The van der Waals surface area contributed by atoms with Crippen LogP contribution in [-0.4, -0.2) is 18.0 Å². The largest absolute Gasteiger partial charge is 0.452 e. The van der Waals surface area contributed by atoms with Crippen molar-refractivity contribution in [3.05, 3.63) is 41.4 Å². The fourth-order valence-electron chi connectivity index (χ4n) is 2.11. The van der Waals surface area contributed by atoms with E-state index in [0.29, 0.717) is 17.1 Å². The normalized spacial score (nSPS) is 18.9. The van der Waals surface area contributed by atoms with Gasteiger partial charge in [-0.25, -0.2) is 0 Å². The Bertz CT molecular complexity index is 539. The Morgan fingerprint density at radius 2 is 2.00 bits per heavy atom. The zero-order chi connectivity index (χ0) is 15.2. The maximum Gasteiger partial charge on any atom is 0.310 e. The van der Waals surface area contributed by atoms with Crippen LogP contribution in [0.4, 0.5) is 5.69 Å². The highest BCUT2D eigenvalue weighted by Gasteiger charge is 2.24. The van der Waals surface area contributed by atoms with Gasteiger partial charge in [0.15, 0.2) is 6.10 Å². The maximum atomic E-state index is 12.0. The van der Waals surface area contributed by atoms with Gasteiger partial charge in [0.1, 0.15) is 0 Å². The standard InChI is InChI=1S/C16H18ClNO3/c1-11(21-16(20)12-5-3-2-4-6-12)15(19)18-14-9-7-13(17)8-10-14/h2-3,7-12H,4-6H2,1H3,(H,18,19)/t11-,12+/m0/s1. The fourth-order valence-corrected chi connectivity index (χ4v) is 2.23. The number of allylic oxidation sites excluding steroid dienone is 2. The topological polar surface area (TPSA) is 55.4 Å². The number of nitrogens with one attached hydrogen (secondary N) is 1. The number of carbonyl (C=O) groups is 2. The zero-order valence-corrected chi connectivity index (χ0v) is 12.6. The summed E-state index contributed by atoms with van der Waals surface area (Å²) in [4.78, 5) is 23.9. The first kappa shape index (κ1) is 15.6. The number of anilines is 1. The summed E-state index contributed by atoms with van der Waals surface area (Å²) in [5.41, 5.74) is 0.618. The second-order valence-electron chi connectivity index (χ2n) is 5.06. The quantitative estimate of drug-likeness (QED) is 0.683. The van der Waals surface area contributed by atoms with Gasteiger partial charge in [-0.1, -0.05) is 23.8 Å². The number of ether oxygens (including phenoxy) is 1. The first-order valence-corrected chi connectivity index (χ1v) is 7.36. The van der Waals surface area contributed by atoms with Crippen LogP contribution in [-0.2, 0) is 14.3 Å². The number of carbonyl (C=O) groups excluding carboxylic acids is 2. The Morgan fingerprint density at radius 3 is 2.62 bits per heavy atom. The van der Waals surface area contributed by atoms with Gasteiger partial charge in [0.2, 0.25) is 0 Å². The molecule has 0 saturated heterocycles. The number of halogens is 1. The molecule has 1 aromatic rings. The highest BCUT2D eigenvalue weighted by molar-refractivity contribution is 6.30. The molecule has 0 unspecified atom stereocenters. The van der Waals surface area contributed by atoms with Crippen molar-refractivity contribution in [3.8, 4) is 0 Å². The van der Waals surface area contributed by atoms with E-state index < -0.39 is 6.10 Å². The molecule has 0 fully saturated rings. The lowest BCUT2D eigenvalue weighted by Gasteiger charge is -2.19. The predicted molar refractivity (Wildman–Crippen MR) is 82.1 cm³/mol. The summed E-state index contributed by atoms with van der Waals surface area (Å²) >= 11 is 5.78. The monoisotopic (exact) mass is 307 g/mol. The molecule has 0 aliphatic heterocycles. The fraction of sp³-hybridized carbons (Fsp3) is 0.375. The Hall–Kier alpha value is -1.81. The molecule has 0 aromatic heterocycles. The molecular weight excluding hydrogens is 290 g/mol. The number of hydrogen-bond acceptors (Lipinski definition) is 3. The van der Waals surface area contributed by atoms with Crippen LogP contribution in [0.1, 0.15) is 26.2 Å². The van der Waals surface area contributed by atoms with Crippen molar-refractivity contribution < 1.29 is 14.3 Å². The van der Waals surface area contributed by atoms with E-state index in [0.717, 1.165) is 12.8 Å². The van der Waals surface area contributed by atoms with Gasteiger partial charge in [-0.05, 0) is 50.5 Å². The third kappa shape index (κ3) is 4.60. The van der Waals surface area contributed by atoms with E-state index in [1.165, 1.54) is 0 Å². The number of esters is 1. The molecule has 1 N–H and O–H groups in total. The molecule has 2 rings (SSSR count). The molecule has 2 atom stereocenters. The lowest BCUT2D eigenvalue weighted by atomic mass is 9.95. The van der Waals surface area contributed by atoms with E-state index in [4.69, 9.17) is 16.3 Å². The molecule has 1 aliphatic rings. The number of benzene rings is 1. The van der Waals surface area contributed by atoms with E-state index in [1.54, 1.807) is 31.2 Å². The molecular formula is C16H18ClNO3. The van der Waals surface area contributed by atoms with Crippen LogP contribution in [0.15, 0.2) is 36.4 Å². The summed E-state index contributed by atoms with van der Waals surface area (Å²) < 4.78 is 5.24. The number of hydrogen-bond donors (Lipinski definition) is 1. The van der Waals surface area contributed by atoms with E-state index in [1.807, 2.05) is 6.08 Å². The summed E-state index contributed by atoms with van der Waals surface area (Å²) in [5.74, 6) is -0.795. The number of rotatable bonds is 4. The van der Waals surface area contributed by atoms with Crippen LogP contribution in [0.3, 0.4) is 0 Å². The van der Waals surface area contributed by atoms with Gasteiger partial charge < -0.3 is 10.1 Å². The minimum absolute atomic E-state index is 0.138. The highest BCUT2D eigenvalue weighted by Crippen LogP contribution is 2.20. The smallest absolute Gasteiger partial charge is 0.310 e. The lowest BCUT2D eigenvalue weighted by Crippen LogP contribution is -2.32. The first-order valence-electron chi connectivity index (χ1n) is 6.98. The molecule has 0 heterocycles. The molecule has 1 amide bonds. The molecule has 0 spiro atoms. The summed E-state index contributed by atoms with van der Waals surface area (Å²) in [7, 11) is 0. The maximum absolute atomic E-state index is 12.0. The molecule has 1 aromatic carbocycles. The van der Waals surface area contributed by atoms with Gasteiger partial charge in [-0.15, -0.1) is 0 Å². The van der Waals surface area contributed by atoms with Gasteiger partial charge in [0.05, 0.1) is 5.92 Å². The molecule has 5 heteroatoms. The van der Waals surface area contributed by atoms with Crippen LogP contribution in [0, 0.1) is 5.92 Å². The minimum Gasteiger partial charge on any atom is -0.452 e. The predicted octanol–water partition coefficient (Wildman–Crippen LogP) is 3.57. The van der Waals surface area contributed by atoms with Crippen molar-refractivity contribution >= 4 is 29.2 Å². The molecule has 0 saturated carbocycles. The van der Waals surface area contributed by atoms with Crippen molar-refractivity contribution in [1.82, 2.24) is 0 Å². The van der Waals surface area contributed by atoms with Gasteiger partial charge in [0.25, 0.3) is 5.91 Å². The van der Waals surface area contributed by atoms with Gasteiger partial charge in [-0.2, -0.15) is 0 Å². The van der Waals surface area contributed by atoms with Crippen molar-refractivity contribution in [3.63, 3.8) is 0 Å². The van der Waals surface area contributed by atoms with E-state index in [2.05, 4.69) is 11.4 Å². The van der Waals surface area contributed by atoms with E-state index in [9.17, 15) is 9.59 Å². The summed E-state index contributed by atoms with van der Waals surface area (Å²) in [6.07, 6.45) is 5.56. The summed E-state index contributed by atoms with van der Waals surface area (Å²) in [6.45, 7) is 1.57. The Labute approximate surface area is 129 Å². The Kier molecular flexibility index (Phi) is 5.39. The van der Waals surface area contributed by atoms with Crippen molar-refractivity contribution in [1.29, 1.82) is 0 Å². The molecule has 21 heavy (non-hydrogen) atoms. The first-order chi connectivity index (χ1) is 10.1. The Morgan fingerprint density at radius 1 is 1.29 bits per heavy atom. The molecule has 112 valence electrons. The van der Waals surface area contributed by atoms with Crippen LogP contribution in [0.2, 0.25) is 5.02 Å². The second-order valence-corrected chi connectivity index (χ2v) is 5.49. The third-order valence-corrected chi connectivity index (χ3v) is 3.63. The Balaban J connectivity index is 1.85. The average Bonchev–Trinajstić information content (AvgIpc) is 2.50. The van der Waals surface area contributed by atoms with Crippen molar-refractivity contribution in [2.45, 2.75) is 32.3 Å². The summed E-state index contributed by atoms with van der Waals surface area (Å²) in [6, 6.07) is 6.76. The summed E-state index contributed by atoms with van der Waals surface area (Å²) in [5, 5.41) is 3.28. The van der Waals surface area contributed by atoms with Crippen molar-refractivity contribution in [2.75, 3.05) is 5.32 Å². The van der Waals surface area contributed by atoms with Gasteiger partial charge in [-0.3, -0.25) is 9.59 Å². The van der Waals surface area contributed by atoms with Crippen LogP contribution >= 0.6 is 11.6 Å². The van der Waals surface area contributed by atoms with Crippen molar-refractivity contribution in [2.24, 2.45) is 5.92 Å². The van der Waals surface area contributed by atoms with Gasteiger partial charge >= 0.3 is 5.97 Å². The zero-order valence-electron chi connectivity index (χ0n) is 11.8. The van der Waals surface area contributed by atoms with Crippen LogP contribution in [0.25, 0.3) is 0 Å². The molecule has 4 nitrogen and oxygen atoms in total. The lowest BCUT2D eigenvalue weighted by molar-refractivity contribution is -0.157. The minimum atomic E-state index is -0.820. The van der Waals surface area contributed by atoms with Crippen LogP contribution in [0.5, 0.6) is 0 Å². The molecule has 0 bridgehead atoms. The SMILES string of the molecule is C[C@H](OC(=O)[C@@H]1CC=CCC1)C(=O)Nc1ccc(Cl)cc1. The van der Waals surface area contributed by atoms with E-state index in [-0.39, 0.29) is 17.8 Å². The van der Waals surface area contributed by atoms with Gasteiger partial charge in [0, 0.05) is 10.7 Å². The molecule has 0 radical (unpaired) electrons.